The molecule has 1 amide bonds. The van der Waals surface area contributed by atoms with Crippen molar-refractivity contribution in [3.05, 3.63) is 51.5 Å². The first-order valence-corrected chi connectivity index (χ1v) is 10.9. The van der Waals surface area contributed by atoms with Crippen molar-refractivity contribution in [2.75, 3.05) is 14.1 Å². The zero-order valence-electron chi connectivity index (χ0n) is 18.8. The molecule has 0 spiro atoms. The highest BCUT2D eigenvalue weighted by Gasteiger charge is 2.63. The predicted molar refractivity (Wildman–Crippen MR) is 118 cm³/mol. The maximum absolute atomic E-state index is 13.5. The Morgan fingerprint density at radius 1 is 1.21 bits per heavy atom. The lowest BCUT2D eigenvalue weighted by Gasteiger charge is -2.50. The van der Waals surface area contributed by atoms with Gasteiger partial charge in [0, 0.05) is 11.5 Å². The number of nitrogens with zero attached hydrogens (tertiary/aromatic N) is 1. The molecule has 33 heavy (non-hydrogen) atoms. The number of ketones is 2. The predicted octanol–water partition coefficient (Wildman–Crippen LogP) is 1.07. The highest BCUT2D eigenvalue weighted by molar-refractivity contribution is 6.24. The first-order valence-electron chi connectivity index (χ1n) is 10.9. The zero-order chi connectivity index (χ0) is 24.4. The third-order valence-electron chi connectivity index (χ3n) is 7.22. The fourth-order valence-corrected chi connectivity index (χ4v) is 5.82. The summed E-state index contributed by atoms with van der Waals surface area (Å²) in [5.41, 5.74) is 3.43. The lowest BCUT2D eigenvalue weighted by Crippen LogP contribution is -2.63. The highest BCUT2D eigenvalue weighted by Crippen LogP contribution is 2.52. The lowest BCUT2D eigenvalue weighted by molar-refractivity contribution is -0.148. The van der Waals surface area contributed by atoms with Gasteiger partial charge in [0.05, 0.1) is 11.6 Å². The van der Waals surface area contributed by atoms with Crippen molar-refractivity contribution in [2.45, 2.75) is 44.2 Å². The number of allylic oxidation sites excluding steroid dienone is 1. The molecule has 9 nitrogen and oxygen atoms in total. The zero-order valence-corrected chi connectivity index (χ0v) is 18.8. The fraction of sp³-hybridized carbons (Fsp3) is 0.458. The summed E-state index contributed by atoms with van der Waals surface area (Å²) in [6.07, 6.45) is 1.94. The molecular formula is C24H28N2O7. The van der Waals surface area contributed by atoms with Crippen molar-refractivity contribution < 1.29 is 34.8 Å². The Bertz CT molecular complexity index is 1150. The van der Waals surface area contributed by atoms with Crippen molar-refractivity contribution in [3.63, 3.8) is 0 Å². The van der Waals surface area contributed by atoms with Crippen LogP contribution in [0.4, 0.5) is 0 Å². The number of likely N-dealkylation sites (N-methyl/N-ethyl adjacent to an activating group) is 1. The summed E-state index contributed by atoms with van der Waals surface area (Å²) < 4.78 is 0. The number of primary amides is 1. The summed E-state index contributed by atoms with van der Waals surface area (Å²) in [7, 11) is 3.20. The van der Waals surface area contributed by atoms with Gasteiger partial charge in [0.25, 0.3) is 5.91 Å². The third-order valence-corrected chi connectivity index (χ3v) is 7.22. The Morgan fingerprint density at radius 2 is 1.88 bits per heavy atom. The van der Waals surface area contributed by atoms with Crippen LogP contribution in [0.15, 0.2) is 34.8 Å². The quantitative estimate of drug-likeness (QED) is 0.420. The van der Waals surface area contributed by atoms with Crippen LogP contribution in [-0.2, 0) is 22.4 Å². The molecule has 3 aliphatic carbocycles. The minimum absolute atomic E-state index is 0.0572. The summed E-state index contributed by atoms with van der Waals surface area (Å²) >= 11 is 0. The average molecular weight is 456 g/mol. The number of carbonyl (C=O) groups excluding carboxylic acids is 3. The van der Waals surface area contributed by atoms with E-state index in [1.165, 1.54) is 11.0 Å². The number of aliphatic hydroxyl groups is 3. The molecule has 0 saturated carbocycles. The summed E-state index contributed by atoms with van der Waals surface area (Å²) in [4.78, 5) is 40.2. The van der Waals surface area contributed by atoms with Crippen LogP contribution >= 0.6 is 0 Å². The summed E-state index contributed by atoms with van der Waals surface area (Å²) in [5.74, 6) is -6.35. The standard InChI is InChI=1S/C24H28N2O7/c1-4-5-10-6-7-14(27)16-12(10)8-11-9-13-18(26(2)3)20(29)17(23(25)32)22(31)24(13,33)21(30)15(11)19(16)28/h6-7,11,13,18,27,29-30,33H,4-5,8-9H2,1-3H3,(H2,25,32). The van der Waals surface area contributed by atoms with Gasteiger partial charge in [-0.25, -0.2) is 0 Å². The number of Topliss-reactive ketones (excluding diaryl/α,β-unsaturated/α-hetero) is 2. The number of hydrogen-bond acceptors (Lipinski definition) is 8. The van der Waals surface area contributed by atoms with Gasteiger partial charge in [-0.15, -0.1) is 0 Å². The Balaban J connectivity index is 1.96. The number of phenolic OH excluding ortho intramolecular Hbond substituents is 1. The van der Waals surface area contributed by atoms with Gasteiger partial charge in [0.2, 0.25) is 5.78 Å². The Morgan fingerprint density at radius 3 is 2.45 bits per heavy atom. The van der Waals surface area contributed by atoms with Gasteiger partial charge >= 0.3 is 0 Å². The Labute approximate surface area is 190 Å². The Hall–Kier alpha value is -3.17. The molecule has 4 unspecified atom stereocenters. The molecule has 0 aromatic heterocycles. The molecule has 1 aromatic carbocycles. The van der Waals surface area contributed by atoms with E-state index in [1.54, 1.807) is 20.2 Å². The summed E-state index contributed by atoms with van der Waals surface area (Å²) in [6, 6.07) is 2.22. The van der Waals surface area contributed by atoms with E-state index in [2.05, 4.69) is 0 Å². The van der Waals surface area contributed by atoms with Gasteiger partial charge in [0.1, 0.15) is 22.8 Å². The monoisotopic (exact) mass is 456 g/mol. The van der Waals surface area contributed by atoms with E-state index >= 15 is 0 Å². The third kappa shape index (κ3) is 3.02. The van der Waals surface area contributed by atoms with Crippen molar-refractivity contribution in [1.82, 2.24) is 4.90 Å². The van der Waals surface area contributed by atoms with Crippen molar-refractivity contribution in [2.24, 2.45) is 17.6 Å². The SMILES string of the molecule is CCCc1ccc(O)c2c1CC1CC3C(N(C)C)C(O)=C(C(N)=O)C(=O)C3(O)C(O)=C1C2=O. The van der Waals surface area contributed by atoms with Gasteiger partial charge < -0.3 is 26.2 Å². The molecule has 1 aromatic rings. The number of hydrogen-bond donors (Lipinski definition) is 5. The van der Waals surface area contributed by atoms with Crippen LogP contribution in [0.3, 0.4) is 0 Å². The fourth-order valence-electron chi connectivity index (χ4n) is 5.82. The van der Waals surface area contributed by atoms with E-state index in [-0.39, 0.29) is 23.3 Å². The number of aromatic hydroxyl groups is 1. The normalized spacial score (nSPS) is 29.2. The first-order chi connectivity index (χ1) is 15.5. The van der Waals surface area contributed by atoms with Crippen LogP contribution < -0.4 is 5.73 Å². The van der Waals surface area contributed by atoms with E-state index < -0.39 is 58.0 Å². The maximum atomic E-state index is 13.5. The van der Waals surface area contributed by atoms with E-state index in [4.69, 9.17) is 5.73 Å². The van der Waals surface area contributed by atoms with E-state index in [0.717, 1.165) is 12.0 Å². The van der Waals surface area contributed by atoms with Gasteiger partial charge in [-0.05, 0) is 56.5 Å². The number of fused-ring (bicyclic) bond motifs is 3. The van der Waals surface area contributed by atoms with Crippen LogP contribution in [0.2, 0.25) is 0 Å². The molecule has 0 saturated heterocycles. The number of rotatable bonds is 4. The van der Waals surface area contributed by atoms with E-state index in [9.17, 15) is 34.8 Å². The van der Waals surface area contributed by atoms with Crippen LogP contribution in [-0.4, -0.2) is 68.5 Å². The molecule has 0 bridgehead atoms. The Kier molecular flexibility index (Phi) is 5.37. The molecule has 176 valence electrons. The number of phenols is 1. The number of carbonyl (C=O) groups is 3. The molecule has 0 fully saturated rings. The maximum Gasteiger partial charge on any atom is 0.255 e. The van der Waals surface area contributed by atoms with Gasteiger partial charge in [-0.3, -0.25) is 19.3 Å². The highest BCUT2D eigenvalue weighted by atomic mass is 16.3. The molecule has 6 N–H and O–H groups in total. The number of nitrogens with two attached hydrogens (primary N) is 1. The smallest absolute Gasteiger partial charge is 0.255 e. The lowest BCUT2D eigenvalue weighted by atomic mass is 9.58. The minimum atomic E-state index is -2.61. The van der Waals surface area contributed by atoms with Crippen molar-refractivity contribution in [1.29, 1.82) is 0 Å². The largest absolute Gasteiger partial charge is 0.510 e. The summed E-state index contributed by atoms with van der Waals surface area (Å²) in [5, 5.41) is 43.9. The van der Waals surface area contributed by atoms with E-state index in [1.807, 2.05) is 6.92 Å². The van der Waals surface area contributed by atoms with Gasteiger partial charge in [0.15, 0.2) is 11.4 Å². The summed E-state index contributed by atoms with van der Waals surface area (Å²) in [6.45, 7) is 2.00. The molecule has 0 radical (unpaired) electrons. The number of benzene rings is 1. The molecular weight excluding hydrogens is 428 g/mol. The second kappa shape index (κ2) is 7.71. The number of amides is 1. The average Bonchev–Trinajstić information content (AvgIpc) is 2.72. The van der Waals surface area contributed by atoms with Crippen molar-refractivity contribution in [3.8, 4) is 5.75 Å². The number of aliphatic hydroxyl groups excluding tert-OH is 2. The van der Waals surface area contributed by atoms with Crippen LogP contribution in [0.1, 0.15) is 41.3 Å². The molecule has 3 aliphatic rings. The van der Waals surface area contributed by atoms with Crippen LogP contribution in [0, 0.1) is 11.8 Å². The molecule has 4 atom stereocenters. The van der Waals surface area contributed by atoms with Gasteiger partial charge in [-0.1, -0.05) is 19.4 Å². The second-order valence-electron chi connectivity index (χ2n) is 9.31. The first kappa shape index (κ1) is 23.0. The molecule has 0 aliphatic heterocycles. The second-order valence-corrected chi connectivity index (χ2v) is 9.31. The van der Waals surface area contributed by atoms with Crippen molar-refractivity contribution >= 4 is 17.5 Å². The minimum Gasteiger partial charge on any atom is -0.510 e. The van der Waals surface area contributed by atoms with Crippen LogP contribution in [0.25, 0.3) is 0 Å². The topological polar surface area (TPSA) is 161 Å². The van der Waals surface area contributed by atoms with E-state index in [0.29, 0.717) is 18.4 Å². The molecule has 0 heterocycles. The molecule has 9 heteroatoms. The number of aryl methyl sites for hydroxylation is 1. The molecule has 4 rings (SSSR count). The van der Waals surface area contributed by atoms with Crippen LogP contribution in [0.5, 0.6) is 5.75 Å². The van der Waals surface area contributed by atoms with Gasteiger partial charge in [-0.2, -0.15) is 0 Å².